The molecular weight excluding hydrogens is 264 g/mol. The van der Waals surface area contributed by atoms with Crippen molar-refractivity contribution >= 4 is 0 Å². The van der Waals surface area contributed by atoms with Crippen LogP contribution in [0.5, 0.6) is 0 Å². The summed E-state index contributed by atoms with van der Waals surface area (Å²) in [5, 5.41) is 19.6. The number of rotatable bonds is 8. The van der Waals surface area contributed by atoms with Crippen LogP contribution in [0.4, 0.5) is 0 Å². The Bertz CT molecular complexity index is 257. The van der Waals surface area contributed by atoms with Gasteiger partial charge in [0.05, 0.1) is 6.10 Å². The molecule has 2 N–H and O–H groups in total. The topological polar surface area (TPSA) is 49.7 Å². The third kappa shape index (κ3) is 5.88. The molecule has 0 heterocycles. The van der Waals surface area contributed by atoms with Crippen molar-refractivity contribution in [3.05, 3.63) is 0 Å². The molecule has 2 rings (SSSR count). The monoisotopic (exact) mass is 298 g/mol. The fourth-order valence-electron chi connectivity index (χ4n) is 4.16. The number of hydrogen-bond donors (Lipinski definition) is 2. The Kier molecular flexibility index (Phi) is 8.05. The van der Waals surface area contributed by atoms with Gasteiger partial charge in [-0.2, -0.15) is 0 Å². The maximum Gasteiger partial charge on any atom is 0.157 e. The van der Waals surface area contributed by atoms with E-state index in [0.29, 0.717) is 5.92 Å². The van der Waals surface area contributed by atoms with E-state index >= 15 is 0 Å². The summed E-state index contributed by atoms with van der Waals surface area (Å²) >= 11 is 0. The van der Waals surface area contributed by atoms with Gasteiger partial charge in [-0.25, -0.2) is 0 Å². The Morgan fingerprint density at radius 1 is 0.857 bits per heavy atom. The van der Waals surface area contributed by atoms with Crippen molar-refractivity contribution in [2.75, 3.05) is 6.61 Å². The smallest absolute Gasteiger partial charge is 0.157 e. The first-order valence-corrected chi connectivity index (χ1v) is 9.25. The van der Waals surface area contributed by atoms with Crippen LogP contribution in [0.25, 0.3) is 0 Å². The van der Waals surface area contributed by atoms with Crippen molar-refractivity contribution in [3.8, 4) is 0 Å². The van der Waals surface area contributed by atoms with E-state index < -0.39 is 6.29 Å². The van der Waals surface area contributed by atoms with Crippen LogP contribution in [-0.4, -0.2) is 29.2 Å². The predicted octanol–water partition coefficient (Wildman–Crippen LogP) is 4.01. The molecule has 2 atom stereocenters. The minimum Gasteiger partial charge on any atom is -0.396 e. The number of aliphatic hydroxyl groups excluding tert-OH is 2. The second-order valence-corrected chi connectivity index (χ2v) is 7.07. The Morgan fingerprint density at radius 2 is 1.48 bits per heavy atom. The molecule has 2 unspecified atom stereocenters. The molecule has 3 heteroatoms. The highest BCUT2D eigenvalue weighted by Gasteiger charge is 2.31. The molecule has 3 nitrogen and oxygen atoms in total. The lowest BCUT2D eigenvalue weighted by Gasteiger charge is -2.35. The van der Waals surface area contributed by atoms with Crippen molar-refractivity contribution in [1.82, 2.24) is 0 Å². The normalized spacial score (nSPS) is 24.9. The molecule has 0 amide bonds. The summed E-state index contributed by atoms with van der Waals surface area (Å²) in [6.45, 7) is 0.261. The van der Waals surface area contributed by atoms with Crippen LogP contribution in [-0.2, 0) is 4.74 Å². The van der Waals surface area contributed by atoms with Gasteiger partial charge >= 0.3 is 0 Å². The first-order valence-electron chi connectivity index (χ1n) is 9.25. The Hall–Kier alpha value is -0.120. The van der Waals surface area contributed by atoms with Gasteiger partial charge in [0.1, 0.15) is 0 Å². The minimum atomic E-state index is -0.588. The van der Waals surface area contributed by atoms with Gasteiger partial charge in [0, 0.05) is 12.5 Å². The molecule has 0 spiro atoms. The summed E-state index contributed by atoms with van der Waals surface area (Å²) in [4.78, 5) is 0. The fourth-order valence-corrected chi connectivity index (χ4v) is 4.16. The van der Waals surface area contributed by atoms with Crippen LogP contribution < -0.4 is 0 Å². The van der Waals surface area contributed by atoms with Gasteiger partial charge in [-0.15, -0.1) is 0 Å². The molecule has 2 saturated carbocycles. The van der Waals surface area contributed by atoms with Gasteiger partial charge in [-0.3, -0.25) is 0 Å². The van der Waals surface area contributed by atoms with Gasteiger partial charge in [0.2, 0.25) is 0 Å². The molecule has 0 aromatic carbocycles. The third-order valence-corrected chi connectivity index (χ3v) is 5.45. The molecule has 2 aliphatic rings. The second-order valence-electron chi connectivity index (χ2n) is 7.07. The highest BCUT2D eigenvalue weighted by Crippen LogP contribution is 2.36. The van der Waals surface area contributed by atoms with Crippen LogP contribution in [0.1, 0.15) is 83.5 Å². The first-order chi connectivity index (χ1) is 10.3. The molecule has 0 aliphatic heterocycles. The lowest BCUT2D eigenvalue weighted by Crippen LogP contribution is -2.35. The van der Waals surface area contributed by atoms with Crippen molar-refractivity contribution < 1.29 is 14.9 Å². The SMILES string of the molecule is OCCCCC(C1CCCCC1)C(O)OC1CCCCC1. The van der Waals surface area contributed by atoms with Crippen LogP contribution in [0.2, 0.25) is 0 Å². The van der Waals surface area contributed by atoms with E-state index in [1.54, 1.807) is 0 Å². The number of unbranched alkanes of at least 4 members (excludes halogenated alkanes) is 1. The maximum absolute atomic E-state index is 10.6. The van der Waals surface area contributed by atoms with Crippen molar-refractivity contribution in [3.63, 3.8) is 0 Å². The van der Waals surface area contributed by atoms with E-state index in [1.807, 2.05) is 0 Å². The van der Waals surface area contributed by atoms with E-state index in [0.717, 1.165) is 32.1 Å². The minimum absolute atomic E-state index is 0.261. The Labute approximate surface area is 130 Å². The summed E-state index contributed by atoms with van der Waals surface area (Å²) in [6, 6.07) is 0. The summed E-state index contributed by atoms with van der Waals surface area (Å²) in [5.74, 6) is 0.898. The van der Waals surface area contributed by atoms with E-state index in [9.17, 15) is 5.11 Å². The summed E-state index contributed by atoms with van der Waals surface area (Å²) in [6.07, 6.45) is 15.0. The van der Waals surface area contributed by atoms with Gasteiger partial charge in [-0.05, 0) is 44.4 Å². The Morgan fingerprint density at radius 3 is 2.10 bits per heavy atom. The predicted molar refractivity (Wildman–Crippen MR) is 85.0 cm³/mol. The van der Waals surface area contributed by atoms with E-state index in [4.69, 9.17) is 9.84 Å². The molecule has 0 saturated heterocycles. The van der Waals surface area contributed by atoms with Gasteiger partial charge < -0.3 is 14.9 Å². The number of hydrogen-bond acceptors (Lipinski definition) is 3. The zero-order chi connectivity index (χ0) is 14.9. The Balaban J connectivity index is 1.85. The van der Waals surface area contributed by atoms with Crippen molar-refractivity contribution in [2.24, 2.45) is 11.8 Å². The van der Waals surface area contributed by atoms with Crippen LogP contribution in [0, 0.1) is 11.8 Å². The average Bonchev–Trinajstić information content (AvgIpc) is 2.53. The third-order valence-electron chi connectivity index (χ3n) is 5.45. The number of aliphatic hydroxyl groups is 2. The van der Waals surface area contributed by atoms with Crippen molar-refractivity contribution in [2.45, 2.75) is 95.9 Å². The van der Waals surface area contributed by atoms with E-state index in [-0.39, 0.29) is 18.6 Å². The van der Waals surface area contributed by atoms with E-state index in [2.05, 4.69) is 0 Å². The largest absolute Gasteiger partial charge is 0.396 e. The van der Waals surface area contributed by atoms with Gasteiger partial charge in [0.15, 0.2) is 6.29 Å². The quantitative estimate of drug-likeness (QED) is 0.526. The molecule has 0 aromatic rings. The molecule has 0 aromatic heterocycles. The molecule has 2 aliphatic carbocycles. The van der Waals surface area contributed by atoms with Gasteiger partial charge in [0.25, 0.3) is 0 Å². The molecular formula is C18H34O3. The molecule has 2 fully saturated rings. The highest BCUT2D eigenvalue weighted by molar-refractivity contribution is 4.77. The molecule has 0 bridgehead atoms. The van der Waals surface area contributed by atoms with Crippen LogP contribution in [0.15, 0.2) is 0 Å². The lowest BCUT2D eigenvalue weighted by molar-refractivity contribution is -0.185. The van der Waals surface area contributed by atoms with Crippen LogP contribution in [0.3, 0.4) is 0 Å². The zero-order valence-corrected chi connectivity index (χ0v) is 13.5. The first kappa shape index (κ1) is 17.2. The van der Waals surface area contributed by atoms with Crippen LogP contribution >= 0.6 is 0 Å². The second kappa shape index (κ2) is 9.81. The average molecular weight is 298 g/mol. The highest BCUT2D eigenvalue weighted by atomic mass is 16.6. The standard InChI is InChI=1S/C18H34O3/c19-14-8-7-13-17(15-9-3-1-4-10-15)18(20)21-16-11-5-2-6-12-16/h15-20H,1-14H2. The summed E-state index contributed by atoms with van der Waals surface area (Å²) < 4.78 is 6.03. The van der Waals surface area contributed by atoms with Gasteiger partial charge in [-0.1, -0.05) is 44.9 Å². The zero-order valence-electron chi connectivity index (χ0n) is 13.5. The summed E-state index contributed by atoms with van der Waals surface area (Å²) in [5.41, 5.74) is 0. The summed E-state index contributed by atoms with van der Waals surface area (Å²) in [7, 11) is 0. The fraction of sp³-hybridized carbons (Fsp3) is 1.00. The van der Waals surface area contributed by atoms with E-state index in [1.165, 1.54) is 51.4 Å². The molecule has 0 radical (unpaired) electrons. The number of ether oxygens (including phenoxy) is 1. The maximum atomic E-state index is 10.6. The lowest BCUT2D eigenvalue weighted by atomic mass is 9.77. The molecule has 124 valence electrons. The molecule has 21 heavy (non-hydrogen) atoms. The van der Waals surface area contributed by atoms with Crippen molar-refractivity contribution in [1.29, 1.82) is 0 Å².